The summed E-state index contributed by atoms with van der Waals surface area (Å²) < 4.78 is 68.6. The van der Waals surface area contributed by atoms with Crippen molar-refractivity contribution in [3.8, 4) is 0 Å². The average Bonchev–Trinajstić information content (AvgIpc) is 2.29. The molecule has 100 valence electrons. The molecule has 0 heterocycles. The van der Waals surface area contributed by atoms with Gasteiger partial charge in [-0.15, -0.1) is 0 Å². The van der Waals surface area contributed by atoms with E-state index in [4.69, 9.17) is 0 Å². The summed E-state index contributed by atoms with van der Waals surface area (Å²) in [6.07, 6.45) is -0.0558. The summed E-state index contributed by atoms with van der Waals surface area (Å²) in [4.78, 5) is -0.943. The van der Waals surface area contributed by atoms with Crippen LogP contribution in [0.5, 0.6) is 0 Å². The highest BCUT2D eigenvalue weighted by Gasteiger charge is 2.29. The van der Waals surface area contributed by atoms with E-state index in [1.54, 1.807) is 0 Å². The molecule has 9 heteroatoms. The molecule has 0 N–H and O–H groups in total. The predicted molar refractivity (Wildman–Crippen MR) is 58.6 cm³/mol. The number of hydrogen-bond donors (Lipinski definition) is 0. The van der Waals surface area contributed by atoms with Crippen LogP contribution in [0.15, 0.2) is 17.0 Å². The molecule has 1 unspecified atom stereocenters. The summed E-state index contributed by atoms with van der Waals surface area (Å²) in [5, 5.41) is 0. The third-order valence-electron chi connectivity index (χ3n) is 1.98. The van der Waals surface area contributed by atoms with Crippen LogP contribution in [-0.2, 0) is 30.1 Å². The topological polar surface area (TPSA) is 69.7 Å². The van der Waals surface area contributed by atoms with Crippen LogP contribution >= 0.6 is 8.03 Å². The molecule has 1 aromatic carbocycles. The highest BCUT2D eigenvalue weighted by atomic mass is 32.2. The third kappa shape index (κ3) is 3.29. The van der Waals surface area contributed by atoms with Crippen molar-refractivity contribution in [2.75, 3.05) is 6.66 Å². The fourth-order valence-corrected chi connectivity index (χ4v) is 2.87. The lowest BCUT2D eigenvalue weighted by molar-refractivity contribution is -0.0836. The second-order valence-electron chi connectivity index (χ2n) is 3.23. The fourth-order valence-electron chi connectivity index (χ4n) is 1.29. The molecule has 0 saturated carbocycles. The average molecular weight is 299 g/mol. The van der Waals surface area contributed by atoms with Gasteiger partial charge in [0.05, 0.1) is 0 Å². The van der Waals surface area contributed by atoms with Crippen LogP contribution in [0.4, 0.5) is 8.78 Å². The lowest BCUT2D eigenvalue weighted by atomic mass is 10.1. The monoisotopic (exact) mass is 299 g/mol. The lowest BCUT2D eigenvalue weighted by Gasteiger charge is -2.08. The summed E-state index contributed by atoms with van der Waals surface area (Å²) in [6.45, 7) is 2.51. The SMILES string of the molecule is CCc1c(F)ccc(F)c1S(=O)(=O)OO[P+](C)=O. The first kappa shape index (κ1) is 15.1. The van der Waals surface area contributed by atoms with Crippen molar-refractivity contribution in [3.05, 3.63) is 29.3 Å². The lowest BCUT2D eigenvalue weighted by Crippen LogP contribution is -2.11. The molecule has 0 radical (unpaired) electrons. The largest absolute Gasteiger partial charge is 0.537 e. The number of hydrogen-bond acceptors (Lipinski definition) is 5. The molecule has 0 fully saturated rings. The van der Waals surface area contributed by atoms with Gasteiger partial charge >= 0.3 is 18.1 Å². The van der Waals surface area contributed by atoms with Gasteiger partial charge in [0, 0.05) is 10.2 Å². The molecule has 18 heavy (non-hydrogen) atoms. The van der Waals surface area contributed by atoms with Crippen LogP contribution in [-0.4, -0.2) is 15.1 Å². The minimum absolute atomic E-state index is 0.0558. The van der Waals surface area contributed by atoms with Crippen molar-refractivity contribution in [2.45, 2.75) is 18.2 Å². The molecule has 0 saturated heterocycles. The van der Waals surface area contributed by atoms with Crippen molar-refractivity contribution in [2.24, 2.45) is 0 Å². The summed E-state index contributed by atoms with van der Waals surface area (Å²) in [6, 6.07) is 1.48. The molecular weight excluding hydrogens is 289 g/mol. The Morgan fingerprint density at radius 2 is 1.83 bits per heavy atom. The molecule has 0 spiro atoms. The molecule has 5 nitrogen and oxygen atoms in total. The smallest absolute Gasteiger partial charge is 0.207 e. The molecule has 0 aliphatic heterocycles. The number of rotatable bonds is 5. The number of benzene rings is 1. The van der Waals surface area contributed by atoms with E-state index in [0.717, 1.165) is 12.7 Å². The van der Waals surface area contributed by atoms with E-state index in [2.05, 4.69) is 9.01 Å². The standard InChI is InChI=1S/C9H10F2O5PS/c1-3-6-7(10)4-5-8(11)9(6)18(13,14)16-15-17(2)12/h4-5H,3H2,1-2H3/q+1. The Bertz CT molecular complexity index is 573. The van der Waals surface area contributed by atoms with E-state index in [9.17, 15) is 21.8 Å². The van der Waals surface area contributed by atoms with Gasteiger partial charge in [0.1, 0.15) is 16.5 Å². The molecule has 1 atom stereocenters. The Kier molecular flexibility index (Phi) is 4.86. The van der Waals surface area contributed by atoms with Gasteiger partial charge < -0.3 is 0 Å². The van der Waals surface area contributed by atoms with E-state index >= 15 is 0 Å². The van der Waals surface area contributed by atoms with Gasteiger partial charge in [0.15, 0.2) is 6.66 Å². The van der Waals surface area contributed by atoms with Crippen LogP contribution in [0.3, 0.4) is 0 Å². The normalized spacial score (nSPS) is 12.6. The molecule has 1 aromatic rings. The Hall–Kier alpha value is -0.950. The zero-order valence-electron chi connectivity index (χ0n) is 9.51. The van der Waals surface area contributed by atoms with Gasteiger partial charge in [0.2, 0.25) is 0 Å². The molecule has 0 amide bonds. The zero-order valence-corrected chi connectivity index (χ0v) is 11.2. The Morgan fingerprint density at radius 3 is 2.33 bits per heavy atom. The van der Waals surface area contributed by atoms with E-state index in [0.29, 0.717) is 6.07 Å². The maximum atomic E-state index is 13.5. The molecular formula is C9H10F2O5PS+. The van der Waals surface area contributed by atoms with Crippen LogP contribution in [0.25, 0.3) is 0 Å². The van der Waals surface area contributed by atoms with Crippen molar-refractivity contribution in [1.82, 2.24) is 0 Å². The minimum atomic E-state index is -4.67. The van der Waals surface area contributed by atoms with Gasteiger partial charge in [-0.25, -0.2) is 8.78 Å². The third-order valence-corrected chi connectivity index (χ3v) is 3.56. The molecule has 0 aliphatic carbocycles. The Balaban J connectivity index is 3.31. The molecule has 0 aliphatic rings. The molecule has 0 aromatic heterocycles. The molecule has 1 rings (SSSR count). The van der Waals surface area contributed by atoms with Crippen LogP contribution in [0.2, 0.25) is 0 Å². The van der Waals surface area contributed by atoms with Gasteiger partial charge in [-0.05, 0) is 23.1 Å². The maximum Gasteiger partial charge on any atom is 0.537 e. The highest BCUT2D eigenvalue weighted by molar-refractivity contribution is 7.86. The summed E-state index contributed by atoms with van der Waals surface area (Å²) in [7, 11) is -7.03. The van der Waals surface area contributed by atoms with Gasteiger partial charge in [-0.1, -0.05) is 11.3 Å². The van der Waals surface area contributed by atoms with Crippen molar-refractivity contribution < 1.29 is 30.8 Å². The van der Waals surface area contributed by atoms with Gasteiger partial charge in [-0.2, -0.15) is 8.42 Å². The van der Waals surface area contributed by atoms with Crippen molar-refractivity contribution in [3.63, 3.8) is 0 Å². The first-order valence-electron chi connectivity index (χ1n) is 4.78. The second kappa shape index (κ2) is 5.79. The summed E-state index contributed by atoms with van der Waals surface area (Å²) in [5.41, 5.74) is -0.357. The summed E-state index contributed by atoms with van der Waals surface area (Å²) >= 11 is 0. The summed E-state index contributed by atoms with van der Waals surface area (Å²) in [5.74, 6) is -2.04. The van der Waals surface area contributed by atoms with Gasteiger partial charge in [0.25, 0.3) is 0 Å². The van der Waals surface area contributed by atoms with Crippen LogP contribution < -0.4 is 0 Å². The highest BCUT2D eigenvalue weighted by Crippen LogP contribution is 2.27. The Morgan fingerprint density at radius 1 is 1.28 bits per heavy atom. The van der Waals surface area contributed by atoms with Gasteiger partial charge in [-0.3, -0.25) is 0 Å². The van der Waals surface area contributed by atoms with E-state index < -0.39 is 34.7 Å². The van der Waals surface area contributed by atoms with E-state index in [-0.39, 0.29) is 12.0 Å². The predicted octanol–water partition coefficient (Wildman–Crippen LogP) is 2.54. The van der Waals surface area contributed by atoms with Crippen molar-refractivity contribution >= 4 is 18.1 Å². The van der Waals surface area contributed by atoms with E-state index in [1.807, 2.05) is 0 Å². The maximum absolute atomic E-state index is 13.5. The fraction of sp³-hybridized carbons (Fsp3) is 0.333. The first-order chi connectivity index (χ1) is 8.29. The minimum Gasteiger partial charge on any atom is -0.207 e. The van der Waals surface area contributed by atoms with Crippen molar-refractivity contribution in [1.29, 1.82) is 0 Å². The zero-order chi connectivity index (χ0) is 13.9. The van der Waals surface area contributed by atoms with Crippen LogP contribution in [0.1, 0.15) is 12.5 Å². The van der Waals surface area contributed by atoms with Crippen LogP contribution in [0, 0.1) is 11.6 Å². The first-order valence-corrected chi connectivity index (χ1v) is 7.82. The second-order valence-corrected chi connectivity index (χ2v) is 5.71. The molecule has 0 bridgehead atoms. The Labute approximate surface area is 104 Å². The van der Waals surface area contributed by atoms with E-state index in [1.165, 1.54) is 6.92 Å². The number of halogens is 2. The quantitative estimate of drug-likeness (QED) is 0.475.